The number of hydrogen-bond acceptors (Lipinski definition) is 0. The first kappa shape index (κ1) is 10.3. The molecule has 1 aliphatic carbocycles. The van der Waals surface area contributed by atoms with Crippen LogP contribution >= 0.6 is 0 Å². The Morgan fingerprint density at radius 3 is 2.40 bits per heavy atom. The Morgan fingerprint density at radius 2 is 1.80 bits per heavy atom. The van der Waals surface area contributed by atoms with Crippen LogP contribution in [-0.4, -0.2) is 0 Å². The standard InChI is InChI=1S/C12H11F3/c1-7-5-9-3-4-10(12(13,14)15)6-11(9)8(7)2/h3-4,6H,5H2,1-2H3. The summed E-state index contributed by atoms with van der Waals surface area (Å²) in [5.74, 6) is 0. The summed E-state index contributed by atoms with van der Waals surface area (Å²) in [5, 5.41) is 0. The summed E-state index contributed by atoms with van der Waals surface area (Å²) in [6.07, 6.45) is -3.47. The molecule has 1 aromatic rings. The summed E-state index contributed by atoms with van der Waals surface area (Å²) in [5.41, 5.74) is 3.33. The van der Waals surface area contributed by atoms with Crippen LogP contribution < -0.4 is 0 Å². The molecular formula is C12H11F3. The minimum Gasteiger partial charge on any atom is -0.166 e. The second-order valence-electron chi connectivity index (χ2n) is 3.95. The van der Waals surface area contributed by atoms with Crippen molar-refractivity contribution < 1.29 is 13.2 Å². The van der Waals surface area contributed by atoms with Gasteiger partial charge in [0, 0.05) is 0 Å². The summed E-state index contributed by atoms with van der Waals surface area (Å²) in [6, 6.07) is 3.99. The zero-order valence-electron chi connectivity index (χ0n) is 8.57. The van der Waals surface area contributed by atoms with E-state index in [1.807, 2.05) is 13.8 Å². The largest absolute Gasteiger partial charge is 0.416 e. The average molecular weight is 212 g/mol. The predicted octanol–water partition coefficient (Wildman–Crippen LogP) is 4.05. The summed E-state index contributed by atoms with van der Waals surface area (Å²) >= 11 is 0. The van der Waals surface area contributed by atoms with Crippen LogP contribution in [0, 0.1) is 0 Å². The Kier molecular flexibility index (Phi) is 2.14. The van der Waals surface area contributed by atoms with Gasteiger partial charge < -0.3 is 0 Å². The number of fused-ring (bicyclic) bond motifs is 1. The molecule has 80 valence electrons. The van der Waals surface area contributed by atoms with Crippen LogP contribution in [0.2, 0.25) is 0 Å². The lowest BCUT2D eigenvalue weighted by molar-refractivity contribution is -0.137. The molecule has 3 heteroatoms. The lowest BCUT2D eigenvalue weighted by atomic mass is 10.0. The molecule has 0 heterocycles. The fourth-order valence-corrected chi connectivity index (χ4v) is 1.90. The predicted molar refractivity (Wildman–Crippen MR) is 53.4 cm³/mol. The highest BCUT2D eigenvalue weighted by Gasteiger charge is 2.31. The molecule has 0 radical (unpaired) electrons. The molecule has 0 nitrogen and oxygen atoms in total. The molecule has 1 aliphatic rings. The Labute approximate surface area is 86.4 Å². The maximum Gasteiger partial charge on any atom is 0.416 e. The number of allylic oxidation sites excluding steroid dienone is 2. The van der Waals surface area contributed by atoms with Crippen molar-refractivity contribution in [1.29, 1.82) is 0 Å². The maximum atomic E-state index is 12.5. The average Bonchev–Trinajstić information content (AvgIpc) is 2.41. The van der Waals surface area contributed by atoms with E-state index >= 15 is 0 Å². The molecule has 0 aromatic heterocycles. The van der Waals surface area contributed by atoms with Crippen molar-refractivity contribution in [3.05, 3.63) is 40.5 Å². The monoisotopic (exact) mass is 212 g/mol. The Hall–Kier alpha value is -1.25. The van der Waals surface area contributed by atoms with Crippen molar-refractivity contribution in [3.63, 3.8) is 0 Å². The molecule has 0 amide bonds. The number of halogens is 3. The number of hydrogen-bond donors (Lipinski definition) is 0. The van der Waals surface area contributed by atoms with Gasteiger partial charge in [0.1, 0.15) is 0 Å². The van der Waals surface area contributed by atoms with E-state index in [1.54, 1.807) is 6.07 Å². The topological polar surface area (TPSA) is 0 Å². The quantitative estimate of drug-likeness (QED) is 0.608. The Morgan fingerprint density at radius 1 is 1.13 bits per heavy atom. The summed E-state index contributed by atoms with van der Waals surface area (Å²) in [4.78, 5) is 0. The summed E-state index contributed by atoms with van der Waals surface area (Å²) < 4.78 is 37.4. The van der Waals surface area contributed by atoms with E-state index in [2.05, 4.69) is 0 Å². The first-order chi connectivity index (χ1) is 6.89. The minimum absolute atomic E-state index is 0.560. The Bertz CT molecular complexity index is 439. The second kappa shape index (κ2) is 3.12. The fourth-order valence-electron chi connectivity index (χ4n) is 1.90. The molecule has 0 aliphatic heterocycles. The lowest BCUT2D eigenvalue weighted by Gasteiger charge is -2.09. The first-order valence-electron chi connectivity index (χ1n) is 4.76. The van der Waals surface area contributed by atoms with Crippen LogP contribution in [0.25, 0.3) is 5.57 Å². The molecule has 0 saturated heterocycles. The zero-order chi connectivity index (χ0) is 11.2. The summed E-state index contributed by atoms with van der Waals surface area (Å²) in [6.45, 7) is 3.84. The molecule has 0 fully saturated rings. The van der Waals surface area contributed by atoms with Crippen molar-refractivity contribution in [3.8, 4) is 0 Å². The van der Waals surface area contributed by atoms with Crippen LogP contribution in [0.15, 0.2) is 23.8 Å². The molecule has 1 aromatic carbocycles. The van der Waals surface area contributed by atoms with E-state index in [-0.39, 0.29) is 0 Å². The third-order valence-electron chi connectivity index (χ3n) is 2.94. The van der Waals surface area contributed by atoms with Crippen molar-refractivity contribution in [2.75, 3.05) is 0 Å². The van der Waals surface area contributed by atoms with E-state index in [4.69, 9.17) is 0 Å². The van der Waals surface area contributed by atoms with Crippen LogP contribution in [0.3, 0.4) is 0 Å². The van der Waals surface area contributed by atoms with Crippen molar-refractivity contribution in [2.24, 2.45) is 0 Å². The van der Waals surface area contributed by atoms with Crippen LogP contribution in [0.5, 0.6) is 0 Å². The van der Waals surface area contributed by atoms with Gasteiger partial charge in [-0.3, -0.25) is 0 Å². The molecule has 2 rings (SSSR count). The maximum absolute atomic E-state index is 12.5. The van der Waals surface area contributed by atoms with Crippen molar-refractivity contribution in [2.45, 2.75) is 26.4 Å². The van der Waals surface area contributed by atoms with E-state index in [1.165, 1.54) is 6.07 Å². The van der Waals surface area contributed by atoms with Crippen molar-refractivity contribution in [1.82, 2.24) is 0 Å². The molecule has 0 N–H and O–H groups in total. The third kappa shape index (κ3) is 1.66. The highest BCUT2D eigenvalue weighted by molar-refractivity contribution is 5.75. The van der Waals surface area contributed by atoms with E-state index in [0.29, 0.717) is 0 Å². The molecule has 0 unspecified atom stereocenters. The number of alkyl halides is 3. The highest BCUT2D eigenvalue weighted by Crippen LogP contribution is 2.37. The van der Waals surface area contributed by atoms with Gasteiger partial charge >= 0.3 is 6.18 Å². The minimum atomic E-state index is -4.24. The first-order valence-corrected chi connectivity index (χ1v) is 4.76. The highest BCUT2D eigenvalue weighted by atomic mass is 19.4. The van der Waals surface area contributed by atoms with Gasteiger partial charge in [0.15, 0.2) is 0 Å². The molecule has 15 heavy (non-hydrogen) atoms. The normalized spacial score (nSPS) is 15.8. The lowest BCUT2D eigenvalue weighted by Crippen LogP contribution is -2.05. The van der Waals surface area contributed by atoms with Crippen LogP contribution in [0.4, 0.5) is 13.2 Å². The molecule has 0 atom stereocenters. The van der Waals surface area contributed by atoms with Gasteiger partial charge in [-0.15, -0.1) is 0 Å². The zero-order valence-corrected chi connectivity index (χ0v) is 8.57. The molecule has 0 spiro atoms. The third-order valence-corrected chi connectivity index (χ3v) is 2.94. The van der Waals surface area contributed by atoms with Crippen molar-refractivity contribution >= 4 is 5.57 Å². The van der Waals surface area contributed by atoms with Crippen LogP contribution in [-0.2, 0) is 12.6 Å². The summed E-state index contributed by atoms with van der Waals surface area (Å²) in [7, 11) is 0. The molecule has 0 bridgehead atoms. The SMILES string of the molecule is CC1=C(C)c2cc(C(F)(F)F)ccc2C1. The van der Waals surface area contributed by atoms with Gasteiger partial charge in [0.2, 0.25) is 0 Å². The van der Waals surface area contributed by atoms with Gasteiger partial charge in [-0.25, -0.2) is 0 Å². The Balaban J connectivity index is 2.52. The van der Waals surface area contributed by atoms with Gasteiger partial charge in [-0.05, 0) is 49.1 Å². The molecule has 0 saturated carbocycles. The van der Waals surface area contributed by atoms with Gasteiger partial charge in [0.05, 0.1) is 5.56 Å². The fraction of sp³-hybridized carbons (Fsp3) is 0.333. The number of benzene rings is 1. The smallest absolute Gasteiger partial charge is 0.166 e. The van der Waals surface area contributed by atoms with Gasteiger partial charge in [-0.2, -0.15) is 13.2 Å². The van der Waals surface area contributed by atoms with E-state index < -0.39 is 11.7 Å². The van der Waals surface area contributed by atoms with Gasteiger partial charge in [-0.1, -0.05) is 11.6 Å². The second-order valence-corrected chi connectivity index (χ2v) is 3.95. The van der Waals surface area contributed by atoms with E-state index in [9.17, 15) is 13.2 Å². The van der Waals surface area contributed by atoms with Gasteiger partial charge in [0.25, 0.3) is 0 Å². The number of rotatable bonds is 0. The van der Waals surface area contributed by atoms with E-state index in [0.717, 1.165) is 34.8 Å². The molecular weight excluding hydrogens is 201 g/mol. The van der Waals surface area contributed by atoms with Crippen LogP contribution in [0.1, 0.15) is 30.5 Å².